The first-order valence-corrected chi connectivity index (χ1v) is 11.6. The van der Waals surface area contributed by atoms with Gasteiger partial charge in [-0.15, -0.1) is 5.10 Å². The van der Waals surface area contributed by atoms with Gasteiger partial charge in [0.1, 0.15) is 5.25 Å². The van der Waals surface area contributed by atoms with Crippen molar-refractivity contribution in [1.29, 1.82) is 0 Å². The van der Waals surface area contributed by atoms with Crippen molar-refractivity contribution < 1.29 is 9.59 Å². The highest BCUT2D eigenvalue weighted by Crippen LogP contribution is 2.40. The van der Waals surface area contributed by atoms with Crippen LogP contribution in [0.15, 0.2) is 57.9 Å². The molecule has 4 aliphatic rings. The highest BCUT2D eigenvalue weighted by molar-refractivity contribution is 8.15. The standard InChI is InChI=1S/C23H28N4O2S/c1-23-13-7-6-11-17(23)18(12-8-14-23)24-20(28)15-19-21(29)25-22(30-19)27-26-16-9-4-2-3-5-10-16/h6-8,11-13,19H,2-5,9-10,14-15H2,1H3,(H,24,28)(H,25,27,29). The molecule has 30 heavy (non-hydrogen) atoms. The van der Waals surface area contributed by atoms with Crippen molar-refractivity contribution in [3.05, 3.63) is 47.7 Å². The van der Waals surface area contributed by atoms with Gasteiger partial charge in [0, 0.05) is 23.2 Å². The maximum atomic E-state index is 12.7. The molecule has 7 heteroatoms. The first-order chi connectivity index (χ1) is 14.5. The summed E-state index contributed by atoms with van der Waals surface area (Å²) in [5.41, 5.74) is 2.92. The number of nitrogens with one attached hydrogen (secondary N) is 2. The second-order valence-corrected chi connectivity index (χ2v) is 9.59. The van der Waals surface area contributed by atoms with Crippen LogP contribution in [0.4, 0.5) is 0 Å². The van der Waals surface area contributed by atoms with Gasteiger partial charge in [-0.2, -0.15) is 5.10 Å². The average Bonchev–Trinajstić information content (AvgIpc) is 2.91. The average molecular weight is 425 g/mol. The van der Waals surface area contributed by atoms with Gasteiger partial charge in [-0.3, -0.25) is 9.59 Å². The van der Waals surface area contributed by atoms with Gasteiger partial charge >= 0.3 is 0 Å². The zero-order valence-electron chi connectivity index (χ0n) is 17.3. The molecule has 1 saturated carbocycles. The Labute approximate surface area is 181 Å². The van der Waals surface area contributed by atoms with Crippen molar-refractivity contribution in [3.8, 4) is 0 Å². The van der Waals surface area contributed by atoms with Crippen LogP contribution in [-0.4, -0.2) is 27.9 Å². The number of carbonyl (C=O) groups excluding carboxylic acids is 2. The van der Waals surface area contributed by atoms with Gasteiger partial charge < -0.3 is 10.6 Å². The fourth-order valence-corrected chi connectivity index (χ4v) is 5.12. The summed E-state index contributed by atoms with van der Waals surface area (Å²) >= 11 is 1.29. The summed E-state index contributed by atoms with van der Waals surface area (Å²) in [6, 6.07) is 0. The number of carbonyl (C=O) groups is 2. The van der Waals surface area contributed by atoms with Crippen LogP contribution in [0.25, 0.3) is 0 Å². The number of fused-ring (bicyclic) bond motifs is 1. The number of allylic oxidation sites excluding steroid dienone is 7. The lowest BCUT2D eigenvalue weighted by Crippen LogP contribution is -2.33. The molecule has 0 radical (unpaired) electrons. The van der Waals surface area contributed by atoms with Crippen LogP contribution in [0.3, 0.4) is 0 Å². The Hall–Kier alpha value is -2.41. The van der Waals surface area contributed by atoms with Crippen LogP contribution in [0, 0.1) is 5.41 Å². The lowest BCUT2D eigenvalue weighted by molar-refractivity contribution is -0.124. The summed E-state index contributed by atoms with van der Waals surface area (Å²) in [5.74, 6) is -0.351. The predicted octanol–water partition coefficient (Wildman–Crippen LogP) is 4.14. The van der Waals surface area contributed by atoms with Crippen molar-refractivity contribution in [1.82, 2.24) is 10.6 Å². The monoisotopic (exact) mass is 424 g/mol. The van der Waals surface area contributed by atoms with E-state index in [1.165, 1.54) is 24.6 Å². The maximum Gasteiger partial charge on any atom is 0.240 e. The van der Waals surface area contributed by atoms with E-state index in [9.17, 15) is 9.59 Å². The third kappa shape index (κ3) is 4.83. The van der Waals surface area contributed by atoms with E-state index in [0.717, 1.165) is 49.1 Å². The van der Waals surface area contributed by atoms with Crippen LogP contribution in [0.2, 0.25) is 0 Å². The van der Waals surface area contributed by atoms with Gasteiger partial charge in [-0.05, 0) is 43.8 Å². The van der Waals surface area contributed by atoms with E-state index in [-0.39, 0.29) is 23.7 Å². The number of hydrogen-bond acceptors (Lipinski definition) is 5. The summed E-state index contributed by atoms with van der Waals surface area (Å²) in [7, 11) is 0. The molecule has 0 bridgehead atoms. The first kappa shape index (κ1) is 20.8. The molecule has 2 amide bonds. The molecule has 2 atom stereocenters. The predicted molar refractivity (Wildman–Crippen MR) is 122 cm³/mol. The largest absolute Gasteiger partial charge is 0.326 e. The van der Waals surface area contributed by atoms with E-state index in [4.69, 9.17) is 0 Å². The normalized spacial score (nSPS) is 29.6. The number of thioether (sulfide) groups is 1. The Morgan fingerprint density at radius 3 is 2.80 bits per heavy atom. The van der Waals surface area contributed by atoms with Gasteiger partial charge in [-0.1, -0.05) is 61.9 Å². The molecule has 1 saturated heterocycles. The van der Waals surface area contributed by atoms with Crippen LogP contribution >= 0.6 is 11.8 Å². The second-order valence-electron chi connectivity index (χ2n) is 8.40. The van der Waals surface area contributed by atoms with Gasteiger partial charge in [-0.25, -0.2) is 0 Å². The van der Waals surface area contributed by atoms with E-state index in [0.29, 0.717) is 5.17 Å². The fourth-order valence-electron chi connectivity index (χ4n) is 4.20. The molecule has 2 fully saturated rings. The van der Waals surface area contributed by atoms with Gasteiger partial charge in [0.15, 0.2) is 5.17 Å². The molecule has 4 rings (SSSR count). The Bertz CT molecular complexity index is 902. The molecule has 1 aliphatic heterocycles. The number of amides is 2. The topological polar surface area (TPSA) is 82.9 Å². The summed E-state index contributed by atoms with van der Waals surface area (Å²) in [5, 5.41) is 14.4. The minimum absolute atomic E-state index is 0.0946. The third-order valence-electron chi connectivity index (χ3n) is 5.95. The number of rotatable bonds is 4. The first-order valence-electron chi connectivity index (χ1n) is 10.7. The quantitative estimate of drug-likeness (QED) is 0.526. The summed E-state index contributed by atoms with van der Waals surface area (Å²) in [4.78, 5) is 25.0. The van der Waals surface area contributed by atoms with Crippen LogP contribution in [0.5, 0.6) is 0 Å². The summed E-state index contributed by atoms with van der Waals surface area (Å²) < 4.78 is 0. The molecule has 1 heterocycles. The van der Waals surface area contributed by atoms with E-state index in [2.05, 4.69) is 39.9 Å². The molecule has 0 aromatic rings. The van der Waals surface area contributed by atoms with E-state index in [1.54, 1.807) is 0 Å². The van der Waals surface area contributed by atoms with Crippen molar-refractivity contribution in [2.45, 2.75) is 63.5 Å². The molecular weight excluding hydrogens is 396 g/mol. The SMILES string of the molecule is CC12C=CC=CC1=C(NC(=O)CC1S/C(=N\N=C3CCCCCC3)NC1=O)C=CC2. The summed E-state index contributed by atoms with van der Waals surface area (Å²) in [6.07, 6.45) is 20.1. The highest BCUT2D eigenvalue weighted by atomic mass is 32.2. The number of hydrogen-bond donors (Lipinski definition) is 2. The zero-order valence-corrected chi connectivity index (χ0v) is 18.1. The van der Waals surface area contributed by atoms with Crippen LogP contribution in [0.1, 0.15) is 58.3 Å². The van der Waals surface area contributed by atoms with Crippen LogP contribution < -0.4 is 10.6 Å². The molecule has 3 aliphatic carbocycles. The third-order valence-corrected chi connectivity index (χ3v) is 7.03. The minimum atomic E-state index is -0.482. The van der Waals surface area contributed by atoms with Crippen molar-refractivity contribution in [2.24, 2.45) is 15.6 Å². The Kier molecular flexibility index (Phi) is 6.37. The van der Waals surface area contributed by atoms with E-state index >= 15 is 0 Å². The molecule has 0 aromatic heterocycles. The van der Waals surface area contributed by atoms with Gasteiger partial charge in [0.2, 0.25) is 11.8 Å². The Balaban J connectivity index is 1.37. The molecule has 2 N–H and O–H groups in total. The van der Waals surface area contributed by atoms with Crippen LogP contribution in [-0.2, 0) is 9.59 Å². The fraction of sp³-hybridized carbons (Fsp3) is 0.478. The molecule has 0 spiro atoms. The molecular formula is C23H28N4O2S. The van der Waals surface area contributed by atoms with Crippen molar-refractivity contribution in [3.63, 3.8) is 0 Å². The van der Waals surface area contributed by atoms with E-state index < -0.39 is 5.25 Å². The minimum Gasteiger partial charge on any atom is -0.326 e. The zero-order chi connectivity index (χ0) is 21.0. The Morgan fingerprint density at radius 1 is 1.20 bits per heavy atom. The smallest absolute Gasteiger partial charge is 0.240 e. The highest BCUT2D eigenvalue weighted by Gasteiger charge is 2.34. The molecule has 158 valence electrons. The Morgan fingerprint density at radius 2 is 2.00 bits per heavy atom. The molecule has 0 aromatic carbocycles. The van der Waals surface area contributed by atoms with Crippen molar-refractivity contribution >= 4 is 34.5 Å². The molecule has 6 nitrogen and oxygen atoms in total. The maximum absolute atomic E-state index is 12.7. The lowest BCUT2D eigenvalue weighted by Gasteiger charge is -2.33. The van der Waals surface area contributed by atoms with Crippen molar-refractivity contribution in [2.75, 3.05) is 0 Å². The number of amidine groups is 1. The lowest BCUT2D eigenvalue weighted by atomic mass is 9.73. The summed E-state index contributed by atoms with van der Waals surface area (Å²) in [6.45, 7) is 2.16. The second kappa shape index (κ2) is 9.16. The van der Waals surface area contributed by atoms with Gasteiger partial charge in [0.25, 0.3) is 0 Å². The number of nitrogens with zero attached hydrogens (tertiary/aromatic N) is 2. The van der Waals surface area contributed by atoms with E-state index in [1.807, 2.05) is 24.3 Å². The van der Waals surface area contributed by atoms with Gasteiger partial charge in [0.05, 0.1) is 0 Å². The molecule has 2 unspecified atom stereocenters.